The predicted molar refractivity (Wildman–Crippen MR) is 237 cm³/mol. The number of amides is 3. The number of pyridine rings is 3. The zero-order chi connectivity index (χ0) is 48.1. The van der Waals surface area contributed by atoms with Gasteiger partial charge >= 0.3 is 18.4 Å². The maximum absolute atomic E-state index is 14.1. The van der Waals surface area contributed by atoms with Gasteiger partial charge in [0.25, 0.3) is 5.91 Å². The van der Waals surface area contributed by atoms with Gasteiger partial charge in [-0.1, -0.05) is 6.92 Å². The van der Waals surface area contributed by atoms with Crippen molar-refractivity contribution in [2.24, 2.45) is 0 Å². The molecule has 1 saturated heterocycles. The summed E-state index contributed by atoms with van der Waals surface area (Å²) < 4.78 is 80.7. The second-order valence-corrected chi connectivity index (χ2v) is 15.9. The monoisotopic (exact) mass is 935 g/mol. The Labute approximate surface area is 384 Å². The quantitative estimate of drug-likeness (QED) is 0.0821. The van der Waals surface area contributed by atoms with Gasteiger partial charge in [0.05, 0.1) is 94.2 Å². The molecule has 3 aromatic rings. The molecular weight excluding hydrogens is 872 g/mol. The van der Waals surface area contributed by atoms with Crippen molar-refractivity contribution in [3.8, 4) is 23.0 Å². The highest BCUT2D eigenvalue weighted by Crippen LogP contribution is 2.35. The van der Waals surface area contributed by atoms with Gasteiger partial charge in [-0.3, -0.25) is 4.79 Å². The first-order chi connectivity index (χ1) is 31.6. The number of alkyl halides is 3. The number of ether oxygens (including phenoxy) is 7. The lowest BCUT2D eigenvalue weighted by atomic mass is 10.0. The highest BCUT2D eigenvalue weighted by atomic mass is 19.4. The van der Waals surface area contributed by atoms with E-state index in [1.807, 2.05) is 30.9 Å². The third-order valence-corrected chi connectivity index (χ3v) is 9.85. The topological polar surface area (TPSA) is 196 Å². The molecule has 0 bridgehead atoms. The van der Waals surface area contributed by atoms with Crippen molar-refractivity contribution in [1.29, 1.82) is 0 Å². The van der Waals surface area contributed by atoms with E-state index in [1.165, 1.54) is 15.9 Å². The third-order valence-electron chi connectivity index (χ3n) is 9.85. The van der Waals surface area contributed by atoms with Crippen molar-refractivity contribution in [1.82, 2.24) is 30.1 Å². The average molecular weight is 936 g/mol. The molecule has 366 valence electrons. The summed E-state index contributed by atoms with van der Waals surface area (Å²) in [6.45, 7) is 14.6. The molecule has 18 nitrogen and oxygen atoms in total. The van der Waals surface area contributed by atoms with Crippen molar-refractivity contribution >= 4 is 23.8 Å². The Morgan fingerprint density at radius 1 is 0.848 bits per heavy atom. The molecule has 66 heavy (non-hydrogen) atoms. The Balaban J connectivity index is 1.33. The molecule has 1 fully saturated rings. The SMILES string of the molecule is CCOc1ccc(C(=O)N2CCN(c3ccc(-c4cccnc4OCC)nc3CN(CCCOCCOCCOCCOCCNC(=O)OC(C)(C)C)C(=O)O)[C@H](CC)C2)c(C(F)(F)F)n1. The molecule has 4 heterocycles. The average Bonchev–Trinajstić information content (AvgIpc) is 3.27. The van der Waals surface area contributed by atoms with Gasteiger partial charge in [0.15, 0.2) is 5.69 Å². The molecule has 0 unspecified atom stereocenters. The summed E-state index contributed by atoms with van der Waals surface area (Å²) in [6, 6.07) is 9.20. The smallest absolute Gasteiger partial charge is 0.434 e. The summed E-state index contributed by atoms with van der Waals surface area (Å²) in [5, 5.41) is 13.0. The number of alkyl carbamates (subject to hydrolysis) is 1. The van der Waals surface area contributed by atoms with Crippen LogP contribution < -0.4 is 19.7 Å². The van der Waals surface area contributed by atoms with E-state index in [-0.39, 0.29) is 57.9 Å². The van der Waals surface area contributed by atoms with E-state index in [1.54, 1.807) is 46.0 Å². The molecule has 0 aromatic carbocycles. The van der Waals surface area contributed by atoms with Crippen LogP contribution in [0.1, 0.15) is 76.1 Å². The molecule has 0 spiro atoms. The number of rotatable bonds is 26. The normalized spacial score (nSPS) is 14.2. The van der Waals surface area contributed by atoms with Crippen LogP contribution in [-0.4, -0.2) is 158 Å². The van der Waals surface area contributed by atoms with Crippen LogP contribution in [0.5, 0.6) is 11.8 Å². The summed E-state index contributed by atoms with van der Waals surface area (Å²) in [6.07, 6.45) is -4.06. The minimum absolute atomic E-state index is 0.0851. The summed E-state index contributed by atoms with van der Waals surface area (Å²) in [5.74, 6) is -0.662. The number of anilines is 1. The van der Waals surface area contributed by atoms with E-state index in [9.17, 15) is 32.7 Å². The Morgan fingerprint density at radius 3 is 2.14 bits per heavy atom. The molecule has 0 radical (unpaired) electrons. The van der Waals surface area contributed by atoms with Crippen LogP contribution in [0.25, 0.3) is 11.3 Å². The van der Waals surface area contributed by atoms with Crippen LogP contribution in [0.15, 0.2) is 42.6 Å². The van der Waals surface area contributed by atoms with E-state index >= 15 is 0 Å². The predicted octanol–water partition coefficient (Wildman–Crippen LogP) is 6.56. The number of piperazine rings is 1. The number of hydrogen-bond acceptors (Lipinski definition) is 14. The fraction of sp³-hybridized carbons (Fsp3) is 0.600. The molecule has 21 heteroatoms. The van der Waals surface area contributed by atoms with Crippen LogP contribution in [0.4, 0.5) is 28.4 Å². The first kappa shape index (κ1) is 53.1. The van der Waals surface area contributed by atoms with Crippen LogP contribution in [0, 0.1) is 0 Å². The second kappa shape index (κ2) is 26.6. The number of hydrogen-bond donors (Lipinski definition) is 2. The zero-order valence-corrected chi connectivity index (χ0v) is 38.7. The summed E-state index contributed by atoms with van der Waals surface area (Å²) in [7, 11) is 0. The number of aromatic nitrogens is 3. The Hall–Kier alpha value is -5.51. The van der Waals surface area contributed by atoms with Crippen molar-refractivity contribution in [2.75, 3.05) is 104 Å². The molecule has 1 aliphatic heterocycles. The van der Waals surface area contributed by atoms with Gasteiger partial charge in [-0.25, -0.2) is 24.5 Å². The van der Waals surface area contributed by atoms with Crippen molar-refractivity contribution in [2.45, 2.75) is 78.7 Å². The summed E-state index contributed by atoms with van der Waals surface area (Å²) in [4.78, 5) is 55.7. The molecule has 4 rings (SSSR count). The number of carboxylic acid groups (broad SMARTS) is 1. The van der Waals surface area contributed by atoms with E-state index in [4.69, 9.17) is 38.1 Å². The molecular formula is C45H64F3N7O11. The fourth-order valence-corrected chi connectivity index (χ4v) is 6.88. The van der Waals surface area contributed by atoms with Crippen molar-refractivity contribution in [3.63, 3.8) is 0 Å². The zero-order valence-electron chi connectivity index (χ0n) is 38.7. The van der Waals surface area contributed by atoms with Crippen LogP contribution in [0.3, 0.4) is 0 Å². The first-order valence-corrected chi connectivity index (χ1v) is 22.2. The lowest BCUT2D eigenvalue weighted by molar-refractivity contribution is -0.141. The minimum atomic E-state index is -4.89. The lowest BCUT2D eigenvalue weighted by Crippen LogP contribution is -2.55. The highest BCUT2D eigenvalue weighted by molar-refractivity contribution is 5.95. The Bertz CT molecular complexity index is 1990. The van der Waals surface area contributed by atoms with E-state index in [0.29, 0.717) is 101 Å². The Kier molecular flexibility index (Phi) is 21.4. The van der Waals surface area contributed by atoms with Crippen LogP contribution >= 0.6 is 0 Å². The van der Waals surface area contributed by atoms with Gasteiger partial charge in [-0.05, 0) is 77.8 Å². The summed E-state index contributed by atoms with van der Waals surface area (Å²) >= 11 is 0. The number of carbonyl (C=O) groups excluding carboxylic acids is 2. The fourth-order valence-electron chi connectivity index (χ4n) is 6.88. The van der Waals surface area contributed by atoms with Crippen molar-refractivity contribution in [3.05, 3.63) is 59.5 Å². The standard InChI is InChI=1S/C45H64F3N7O11/c1-7-32-30-53(41(56)34-13-16-38(64-8-2)52-39(34)45(46,47)48)20-21-55(32)37-15-14-35(33-12-10-17-49-40(33)65-9-3)51-36(37)31-54(43(58)59)19-11-22-60-24-26-62-28-29-63-27-25-61-23-18-50-42(57)66-44(4,5)6/h10,12-17,32H,7-9,11,18-31H2,1-6H3,(H,50,57)(H,58,59)/t32-/m1/s1. The maximum atomic E-state index is 14.1. The number of carbonyl (C=O) groups is 3. The van der Waals surface area contributed by atoms with Crippen LogP contribution in [0.2, 0.25) is 0 Å². The molecule has 0 aliphatic carbocycles. The maximum Gasteiger partial charge on any atom is 0.434 e. The first-order valence-electron chi connectivity index (χ1n) is 22.2. The molecule has 3 amide bonds. The van der Waals surface area contributed by atoms with Gasteiger partial charge < -0.3 is 58.3 Å². The van der Waals surface area contributed by atoms with Gasteiger partial charge in [0, 0.05) is 57.6 Å². The highest BCUT2D eigenvalue weighted by Gasteiger charge is 2.40. The molecule has 2 N–H and O–H groups in total. The van der Waals surface area contributed by atoms with E-state index in [2.05, 4.69) is 15.3 Å². The molecule has 0 saturated carbocycles. The summed E-state index contributed by atoms with van der Waals surface area (Å²) in [5.41, 5.74) is -0.261. The van der Waals surface area contributed by atoms with Gasteiger partial charge in [-0.15, -0.1) is 0 Å². The van der Waals surface area contributed by atoms with Gasteiger partial charge in [0.1, 0.15) is 5.60 Å². The lowest BCUT2D eigenvalue weighted by Gasteiger charge is -2.43. The molecule has 3 aromatic heterocycles. The van der Waals surface area contributed by atoms with Gasteiger partial charge in [-0.2, -0.15) is 13.2 Å². The van der Waals surface area contributed by atoms with E-state index in [0.717, 1.165) is 6.07 Å². The molecule has 1 aliphatic rings. The van der Waals surface area contributed by atoms with Crippen LogP contribution in [-0.2, 0) is 36.4 Å². The number of nitrogens with one attached hydrogen (secondary N) is 1. The largest absolute Gasteiger partial charge is 0.478 e. The van der Waals surface area contributed by atoms with Crippen molar-refractivity contribution < 1.29 is 65.8 Å². The number of halogens is 3. The van der Waals surface area contributed by atoms with E-state index < -0.39 is 41.1 Å². The second-order valence-electron chi connectivity index (χ2n) is 15.9. The molecule has 1 atom stereocenters. The van der Waals surface area contributed by atoms with Gasteiger partial charge in [0.2, 0.25) is 11.8 Å². The minimum Gasteiger partial charge on any atom is -0.478 e. The number of nitrogens with zero attached hydrogens (tertiary/aromatic N) is 6. The third kappa shape index (κ3) is 17.0. The Morgan fingerprint density at radius 2 is 1.52 bits per heavy atom.